The van der Waals surface area contributed by atoms with Crippen molar-refractivity contribution in [1.29, 1.82) is 0 Å². The first-order valence-electron chi connectivity index (χ1n) is 17.1. The van der Waals surface area contributed by atoms with Crippen LogP contribution in [-0.2, 0) is 26.2 Å². The van der Waals surface area contributed by atoms with E-state index >= 15 is 0 Å². The van der Waals surface area contributed by atoms with Gasteiger partial charge in [-0.3, -0.25) is 19.8 Å². The molecule has 0 spiro atoms. The standard InChI is InChI=1S/C37H45N9O4S/c1-25-23-38-36(43-34(25)39-28-9-7-10-30(22-28)51(49,50)44-37(2,3)4)40-27-12-14-29(15-13-27)46-20-18-45(19-21-46)24-26-8-5-6-11-31(26)41-32-16-17-33(47)42-35(32)48/h5-15,22-23,32,41,44H,16-21,24H2,1-4H3,(H,42,47,48)(H2,38,39,40,43). The second-order valence-corrected chi connectivity index (χ2v) is 15.7. The van der Waals surface area contributed by atoms with Crippen LogP contribution in [-0.4, -0.2) is 72.9 Å². The van der Waals surface area contributed by atoms with Gasteiger partial charge < -0.3 is 20.9 Å². The van der Waals surface area contributed by atoms with Crippen LogP contribution in [0.25, 0.3) is 0 Å². The quantitative estimate of drug-likeness (QED) is 0.135. The Labute approximate surface area is 299 Å². The highest BCUT2D eigenvalue weighted by Gasteiger charge is 2.27. The molecule has 13 nitrogen and oxygen atoms in total. The van der Waals surface area contributed by atoms with Gasteiger partial charge in [-0.05, 0) is 88.2 Å². The van der Waals surface area contributed by atoms with E-state index in [4.69, 9.17) is 0 Å². The minimum Gasteiger partial charge on any atom is -0.373 e. The summed E-state index contributed by atoms with van der Waals surface area (Å²) in [6.07, 6.45) is 2.55. The van der Waals surface area contributed by atoms with Crippen LogP contribution in [0.2, 0.25) is 0 Å². The fourth-order valence-corrected chi connectivity index (χ4v) is 7.54. The molecule has 1 aromatic heterocycles. The van der Waals surface area contributed by atoms with E-state index < -0.39 is 21.6 Å². The van der Waals surface area contributed by atoms with Crippen molar-refractivity contribution >= 4 is 56.4 Å². The van der Waals surface area contributed by atoms with Crippen LogP contribution in [0.4, 0.5) is 34.5 Å². The summed E-state index contributed by atoms with van der Waals surface area (Å²) in [4.78, 5) is 37.9. The number of aromatic nitrogens is 2. The van der Waals surface area contributed by atoms with E-state index in [-0.39, 0.29) is 16.7 Å². The second kappa shape index (κ2) is 15.1. The Hall–Kier alpha value is -5.05. The molecule has 2 aliphatic heterocycles. The summed E-state index contributed by atoms with van der Waals surface area (Å²) in [5.41, 5.74) is 4.82. The summed E-state index contributed by atoms with van der Waals surface area (Å²) in [7, 11) is -3.69. The van der Waals surface area contributed by atoms with Crippen LogP contribution in [0.5, 0.6) is 0 Å². The normalized spacial score (nSPS) is 17.2. The zero-order valence-electron chi connectivity index (χ0n) is 29.4. The van der Waals surface area contributed by atoms with Gasteiger partial charge in [0.05, 0.1) is 4.90 Å². The number of para-hydroxylation sites is 1. The number of carbonyl (C=O) groups excluding carboxylic acids is 2. The van der Waals surface area contributed by atoms with Gasteiger partial charge in [-0.2, -0.15) is 4.98 Å². The molecule has 3 aromatic carbocycles. The van der Waals surface area contributed by atoms with E-state index in [0.717, 1.165) is 60.9 Å². The predicted molar refractivity (Wildman–Crippen MR) is 200 cm³/mol. The lowest BCUT2D eigenvalue weighted by atomic mass is 10.0. The smallest absolute Gasteiger partial charge is 0.249 e. The van der Waals surface area contributed by atoms with E-state index in [1.54, 1.807) is 51.2 Å². The number of amides is 2. The van der Waals surface area contributed by atoms with Crippen molar-refractivity contribution in [2.75, 3.05) is 47.0 Å². The number of anilines is 6. The molecule has 0 aliphatic carbocycles. The largest absolute Gasteiger partial charge is 0.373 e. The maximum atomic E-state index is 12.9. The maximum absolute atomic E-state index is 12.9. The molecule has 2 saturated heterocycles. The van der Waals surface area contributed by atoms with E-state index in [1.807, 2.05) is 37.3 Å². The lowest BCUT2D eigenvalue weighted by molar-refractivity contribution is -0.133. The molecule has 2 aliphatic rings. The second-order valence-electron chi connectivity index (χ2n) is 14.0. The predicted octanol–water partition coefficient (Wildman–Crippen LogP) is 4.89. The van der Waals surface area contributed by atoms with Gasteiger partial charge >= 0.3 is 0 Å². The molecule has 2 amide bonds. The van der Waals surface area contributed by atoms with Crippen LogP contribution in [0.3, 0.4) is 0 Å². The number of piperidine rings is 1. The number of benzene rings is 3. The monoisotopic (exact) mass is 711 g/mol. The molecule has 4 aromatic rings. The van der Waals surface area contributed by atoms with E-state index in [2.05, 4.69) is 64.0 Å². The third kappa shape index (κ3) is 9.39. The SMILES string of the molecule is Cc1cnc(Nc2ccc(N3CCN(Cc4ccccc4NC4CCC(=O)NC4=O)CC3)cc2)nc1Nc1cccc(S(=O)(=O)NC(C)(C)C)c1. The average Bonchev–Trinajstić information content (AvgIpc) is 3.08. The van der Waals surface area contributed by atoms with Gasteiger partial charge in [-0.25, -0.2) is 18.1 Å². The highest BCUT2D eigenvalue weighted by Crippen LogP contribution is 2.26. The zero-order chi connectivity index (χ0) is 36.2. The van der Waals surface area contributed by atoms with Gasteiger partial charge in [0.1, 0.15) is 11.9 Å². The summed E-state index contributed by atoms with van der Waals surface area (Å²) >= 11 is 0. The number of hydrogen-bond acceptors (Lipinski definition) is 11. The lowest BCUT2D eigenvalue weighted by Crippen LogP contribution is -2.48. The van der Waals surface area contributed by atoms with Crippen molar-refractivity contribution < 1.29 is 18.0 Å². The third-order valence-electron chi connectivity index (χ3n) is 8.66. The first-order chi connectivity index (χ1) is 24.3. The Morgan fingerprint density at radius 2 is 1.65 bits per heavy atom. The number of imide groups is 1. The van der Waals surface area contributed by atoms with E-state index in [0.29, 0.717) is 30.3 Å². The van der Waals surface area contributed by atoms with Gasteiger partial charge in [0, 0.05) is 79.2 Å². The number of hydrogen-bond donors (Lipinski definition) is 5. The molecular weight excluding hydrogens is 667 g/mol. The lowest BCUT2D eigenvalue weighted by Gasteiger charge is -2.36. The van der Waals surface area contributed by atoms with Crippen LogP contribution in [0.1, 0.15) is 44.7 Å². The molecule has 14 heteroatoms. The summed E-state index contributed by atoms with van der Waals surface area (Å²) in [6.45, 7) is 11.6. The van der Waals surface area contributed by atoms with Gasteiger partial charge in [-0.15, -0.1) is 0 Å². The van der Waals surface area contributed by atoms with Crippen molar-refractivity contribution in [2.24, 2.45) is 0 Å². The number of nitrogens with zero attached hydrogens (tertiary/aromatic N) is 4. The van der Waals surface area contributed by atoms with E-state index in [1.165, 1.54) is 0 Å². The van der Waals surface area contributed by atoms with Gasteiger partial charge in [0.25, 0.3) is 0 Å². The Bertz CT molecular complexity index is 1990. The minimum atomic E-state index is -3.69. The van der Waals surface area contributed by atoms with Gasteiger partial charge in [-0.1, -0.05) is 24.3 Å². The fraction of sp³-hybridized carbons (Fsp3) is 0.351. The summed E-state index contributed by atoms with van der Waals surface area (Å²) in [6, 6.07) is 22.4. The number of rotatable bonds is 11. The molecule has 2 fully saturated rings. The molecule has 0 bridgehead atoms. The number of carbonyl (C=O) groups is 2. The molecule has 51 heavy (non-hydrogen) atoms. The van der Waals surface area contributed by atoms with Gasteiger partial charge in [0.2, 0.25) is 27.8 Å². The Morgan fingerprint density at radius 1 is 0.902 bits per heavy atom. The molecule has 1 atom stereocenters. The first kappa shape index (κ1) is 35.8. The minimum absolute atomic E-state index is 0.165. The number of piperazine rings is 1. The highest BCUT2D eigenvalue weighted by atomic mass is 32.2. The third-order valence-corrected chi connectivity index (χ3v) is 10.4. The average molecular weight is 712 g/mol. The molecule has 3 heterocycles. The molecule has 1 unspecified atom stereocenters. The molecule has 268 valence electrons. The van der Waals surface area contributed by atoms with Crippen molar-refractivity contribution in [1.82, 2.24) is 24.9 Å². The molecule has 5 N–H and O–H groups in total. The zero-order valence-corrected chi connectivity index (χ0v) is 30.2. The Morgan fingerprint density at radius 3 is 2.37 bits per heavy atom. The summed E-state index contributed by atoms with van der Waals surface area (Å²) < 4.78 is 28.4. The Kier molecular flexibility index (Phi) is 10.6. The Balaban J connectivity index is 1.03. The molecule has 6 rings (SSSR count). The highest BCUT2D eigenvalue weighted by molar-refractivity contribution is 7.89. The van der Waals surface area contributed by atoms with E-state index in [9.17, 15) is 18.0 Å². The van der Waals surface area contributed by atoms with Crippen LogP contribution < -0.4 is 30.9 Å². The number of aryl methyl sites for hydroxylation is 1. The topological polar surface area (TPSA) is 161 Å². The van der Waals surface area contributed by atoms with Crippen LogP contribution in [0.15, 0.2) is 83.9 Å². The summed E-state index contributed by atoms with van der Waals surface area (Å²) in [5.74, 6) is 0.487. The van der Waals surface area contributed by atoms with Crippen molar-refractivity contribution in [3.63, 3.8) is 0 Å². The molecular formula is C37H45N9O4S. The van der Waals surface area contributed by atoms with Crippen LogP contribution >= 0.6 is 0 Å². The van der Waals surface area contributed by atoms with Gasteiger partial charge in [0.15, 0.2) is 0 Å². The molecule has 0 radical (unpaired) electrons. The van der Waals surface area contributed by atoms with Crippen molar-refractivity contribution in [3.05, 3.63) is 90.1 Å². The molecule has 0 saturated carbocycles. The summed E-state index contributed by atoms with van der Waals surface area (Å²) in [5, 5.41) is 12.3. The maximum Gasteiger partial charge on any atom is 0.249 e. The van der Waals surface area contributed by atoms with Crippen molar-refractivity contribution in [3.8, 4) is 0 Å². The number of sulfonamides is 1. The fourth-order valence-electron chi connectivity index (χ4n) is 6.08. The van der Waals surface area contributed by atoms with Crippen molar-refractivity contribution in [2.45, 2.75) is 63.6 Å². The first-order valence-corrected chi connectivity index (χ1v) is 18.6. The van der Waals surface area contributed by atoms with Crippen LogP contribution in [0, 0.1) is 6.92 Å². The number of nitrogens with one attached hydrogen (secondary N) is 5.